The molecule has 0 heterocycles. The number of hydrogen-bond donors (Lipinski definition) is 1. The van der Waals surface area contributed by atoms with Gasteiger partial charge < -0.3 is 0 Å². The normalized spacial score (nSPS) is 31.5. The molecule has 0 bridgehead atoms. The molecule has 0 spiro atoms. The zero-order valence-electron chi connectivity index (χ0n) is 5.95. The molecule has 3 nitrogen and oxygen atoms in total. The van der Waals surface area contributed by atoms with E-state index in [1.165, 1.54) is 0 Å². The first-order chi connectivity index (χ1) is 4.50. The maximum absolute atomic E-state index is 10.5. The Hall–Kier alpha value is 0.507. The van der Waals surface area contributed by atoms with Gasteiger partial charge in [-0.1, -0.05) is 6.92 Å². The second-order valence-electron chi connectivity index (χ2n) is 3.06. The molecule has 0 aromatic heterocycles. The van der Waals surface area contributed by atoms with Crippen LogP contribution in [0.3, 0.4) is 0 Å². The standard InChI is InChI=1S/C6H12O3S.Li.H/c1-5-2-3-6(4-5)10(7,8)9;;/h5-6H,2-4H2,1H3,(H,7,8,9);;. The monoisotopic (exact) mass is 172 g/mol. The van der Waals surface area contributed by atoms with Crippen LogP contribution in [0.1, 0.15) is 26.2 Å². The van der Waals surface area contributed by atoms with Crippen molar-refractivity contribution in [2.75, 3.05) is 0 Å². The molecule has 1 aliphatic carbocycles. The van der Waals surface area contributed by atoms with Crippen molar-refractivity contribution in [1.82, 2.24) is 0 Å². The van der Waals surface area contributed by atoms with Crippen LogP contribution in [-0.4, -0.2) is 37.1 Å². The fourth-order valence-corrected chi connectivity index (χ4v) is 2.43. The van der Waals surface area contributed by atoms with Crippen molar-refractivity contribution < 1.29 is 13.0 Å². The molecule has 1 N–H and O–H groups in total. The molecule has 1 rings (SSSR count). The zero-order valence-corrected chi connectivity index (χ0v) is 6.76. The summed E-state index contributed by atoms with van der Waals surface area (Å²) in [7, 11) is -3.74. The van der Waals surface area contributed by atoms with Gasteiger partial charge in [0, 0.05) is 0 Å². The third-order valence-electron chi connectivity index (χ3n) is 2.07. The van der Waals surface area contributed by atoms with E-state index in [4.69, 9.17) is 4.55 Å². The van der Waals surface area contributed by atoms with Crippen LogP contribution in [0.25, 0.3) is 0 Å². The fraction of sp³-hybridized carbons (Fsp3) is 1.00. The molecule has 0 radical (unpaired) electrons. The van der Waals surface area contributed by atoms with Gasteiger partial charge in [0.25, 0.3) is 10.1 Å². The Morgan fingerprint density at radius 3 is 2.09 bits per heavy atom. The Morgan fingerprint density at radius 2 is 1.91 bits per heavy atom. The molecule has 11 heavy (non-hydrogen) atoms. The second kappa shape index (κ2) is 3.95. The van der Waals surface area contributed by atoms with Crippen molar-refractivity contribution in [2.24, 2.45) is 5.92 Å². The Bertz CT molecular complexity index is 212. The van der Waals surface area contributed by atoms with Crippen molar-refractivity contribution in [1.29, 1.82) is 0 Å². The summed E-state index contributed by atoms with van der Waals surface area (Å²) in [6.07, 6.45) is 2.17. The SMILES string of the molecule is CC1CCC(S(=O)(=O)O)C1.[LiH]. The summed E-state index contributed by atoms with van der Waals surface area (Å²) in [5.74, 6) is 0.451. The molecule has 0 saturated heterocycles. The molecule has 0 aliphatic heterocycles. The molecule has 1 aliphatic rings. The van der Waals surface area contributed by atoms with Crippen LogP contribution >= 0.6 is 0 Å². The van der Waals surface area contributed by atoms with Crippen molar-refractivity contribution in [3.8, 4) is 0 Å². The summed E-state index contributed by atoms with van der Waals surface area (Å²) >= 11 is 0. The van der Waals surface area contributed by atoms with Gasteiger partial charge in [-0.15, -0.1) is 0 Å². The van der Waals surface area contributed by atoms with Gasteiger partial charge in [0.1, 0.15) is 0 Å². The predicted molar refractivity (Wildman–Crippen MR) is 45.5 cm³/mol. The molecule has 1 fully saturated rings. The molecule has 2 atom stereocenters. The van der Waals surface area contributed by atoms with E-state index in [1.807, 2.05) is 6.92 Å². The van der Waals surface area contributed by atoms with E-state index in [9.17, 15) is 8.42 Å². The van der Waals surface area contributed by atoms with E-state index >= 15 is 0 Å². The topological polar surface area (TPSA) is 54.4 Å². The van der Waals surface area contributed by atoms with Gasteiger partial charge in [-0.2, -0.15) is 8.42 Å². The average molecular weight is 172 g/mol. The van der Waals surface area contributed by atoms with Crippen LogP contribution in [0.2, 0.25) is 0 Å². The number of rotatable bonds is 1. The van der Waals surface area contributed by atoms with Gasteiger partial charge in [0.05, 0.1) is 5.25 Å². The first-order valence-corrected chi connectivity index (χ1v) is 4.97. The Labute approximate surface area is 79.5 Å². The van der Waals surface area contributed by atoms with E-state index in [-0.39, 0.29) is 18.9 Å². The minimum absolute atomic E-state index is 0. The van der Waals surface area contributed by atoms with Gasteiger partial charge >= 0.3 is 18.9 Å². The molecule has 0 aromatic carbocycles. The fourth-order valence-electron chi connectivity index (χ4n) is 1.43. The summed E-state index contributed by atoms with van der Waals surface area (Å²) in [6, 6.07) is 0. The molecular weight excluding hydrogens is 159 g/mol. The summed E-state index contributed by atoms with van der Waals surface area (Å²) in [6.45, 7) is 2.01. The zero-order chi connectivity index (χ0) is 7.78. The van der Waals surface area contributed by atoms with Crippen LogP contribution in [0.4, 0.5) is 0 Å². The maximum atomic E-state index is 10.5. The molecule has 1 saturated carbocycles. The average Bonchev–Trinajstić information content (AvgIpc) is 2.11. The summed E-state index contributed by atoms with van der Waals surface area (Å²) in [4.78, 5) is 0. The Kier molecular flexibility index (Phi) is 4.13. The van der Waals surface area contributed by atoms with Crippen molar-refractivity contribution in [3.05, 3.63) is 0 Å². The van der Waals surface area contributed by atoms with E-state index in [0.717, 1.165) is 6.42 Å². The van der Waals surface area contributed by atoms with E-state index in [0.29, 0.717) is 18.8 Å². The van der Waals surface area contributed by atoms with E-state index in [1.54, 1.807) is 0 Å². The Balaban J connectivity index is 0.000001000. The second-order valence-corrected chi connectivity index (χ2v) is 4.75. The molecular formula is C6H13LiO3S. The molecule has 0 amide bonds. The summed E-state index contributed by atoms with van der Waals surface area (Å²) < 4.78 is 29.7. The van der Waals surface area contributed by atoms with E-state index < -0.39 is 15.4 Å². The van der Waals surface area contributed by atoms with Gasteiger partial charge in [-0.05, 0) is 25.2 Å². The number of hydrogen-bond acceptors (Lipinski definition) is 2. The van der Waals surface area contributed by atoms with Gasteiger partial charge in [0.15, 0.2) is 0 Å². The van der Waals surface area contributed by atoms with Gasteiger partial charge in [-0.25, -0.2) is 0 Å². The quantitative estimate of drug-likeness (QED) is 0.460. The molecule has 2 unspecified atom stereocenters. The third kappa shape index (κ3) is 3.16. The van der Waals surface area contributed by atoms with Crippen LogP contribution < -0.4 is 0 Å². The van der Waals surface area contributed by atoms with Crippen LogP contribution in [0.5, 0.6) is 0 Å². The first kappa shape index (κ1) is 11.5. The first-order valence-electron chi connectivity index (χ1n) is 3.46. The van der Waals surface area contributed by atoms with Gasteiger partial charge in [0.2, 0.25) is 0 Å². The van der Waals surface area contributed by atoms with Crippen LogP contribution in [0.15, 0.2) is 0 Å². The van der Waals surface area contributed by atoms with Gasteiger partial charge in [-0.3, -0.25) is 4.55 Å². The third-order valence-corrected chi connectivity index (χ3v) is 3.34. The summed E-state index contributed by atoms with van der Waals surface area (Å²) in [5, 5.41) is -0.484. The summed E-state index contributed by atoms with van der Waals surface area (Å²) in [5.41, 5.74) is 0. The molecule has 5 heteroatoms. The van der Waals surface area contributed by atoms with Crippen molar-refractivity contribution >= 4 is 29.0 Å². The molecule has 62 valence electrons. The molecule has 0 aromatic rings. The minimum atomic E-state index is -3.74. The predicted octanol–water partition coefficient (Wildman–Crippen LogP) is 0.414. The van der Waals surface area contributed by atoms with Crippen molar-refractivity contribution in [3.63, 3.8) is 0 Å². The van der Waals surface area contributed by atoms with Crippen molar-refractivity contribution in [2.45, 2.75) is 31.4 Å². The van der Waals surface area contributed by atoms with Crippen LogP contribution in [-0.2, 0) is 10.1 Å². The van der Waals surface area contributed by atoms with Crippen LogP contribution in [0, 0.1) is 5.92 Å². The van der Waals surface area contributed by atoms with E-state index in [2.05, 4.69) is 0 Å². The Morgan fingerprint density at radius 1 is 1.36 bits per heavy atom.